The summed E-state index contributed by atoms with van der Waals surface area (Å²) in [5, 5.41) is 9.81. The van der Waals surface area contributed by atoms with E-state index < -0.39 is 36.8 Å². The van der Waals surface area contributed by atoms with Crippen LogP contribution in [0.3, 0.4) is 0 Å². The van der Waals surface area contributed by atoms with Crippen LogP contribution in [0.2, 0.25) is 0 Å². The van der Waals surface area contributed by atoms with Gasteiger partial charge < -0.3 is 13.6 Å². The SMILES string of the molecule is Cc1ccc(C2=NN(C(=O)COC(=O)Cn3nc(-c4ccccc4)oc3=O)[C@@H](c3ccco3)C2)cc1. The summed E-state index contributed by atoms with van der Waals surface area (Å²) in [4.78, 5) is 37.4. The Morgan fingerprint density at radius 2 is 1.81 bits per heavy atom. The van der Waals surface area contributed by atoms with E-state index in [-0.39, 0.29) is 5.89 Å². The minimum Gasteiger partial charge on any atom is -0.467 e. The number of esters is 1. The Labute approximate surface area is 205 Å². The first-order valence-corrected chi connectivity index (χ1v) is 11.3. The molecule has 1 aliphatic rings. The van der Waals surface area contributed by atoms with Crippen molar-refractivity contribution in [2.75, 3.05) is 6.61 Å². The van der Waals surface area contributed by atoms with Crippen LogP contribution in [0, 0.1) is 6.92 Å². The van der Waals surface area contributed by atoms with Crippen LogP contribution in [0.4, 0.5) is 0 Å². The molecule has 0 N–H and O–H groups in total. The van der Waals surface area contributed by atoms with E-state index in [4.69, 9.17) is 13.6 Å². The lowest BCUT2D eigenvalue weighted by Crippen LogP contribution is -2.32. The van der Waals surface area contributed by atoms with Crippen molar-refractivity contribution in [3.8, 4) is 11.5 Å². The summed E-state index contributed by atoms with van der Waals surface area (Å²) in [6.07, 6.45) is 1.98. The number of nitrogens with zero attached hydrogens (tertiary/aromatic N) is 4. The molecule has 1 aliphatic heterocycles. The van der Waals surface area contributed by atoms with Gasteiger partial charge in [-0.1, -0.05) is 48.0 Å². The fourth-order valence-electron chi connectivity index (χ4n) is 3.84. The van der Waals surface area contributed by atoms with Gasteiger partial charge in [0.15, 0.2) is 6.61 Å². The van der Waals surface area contributed by atoms with E-state index >= 15 is 0 Å². The highest BCUT2D eigenvalue weighted by Gasteiger charge is 2.35. The number of benzene rings is 2. The summed E-state index contributed by atoms with van der Waals surface area (Å²) in [6.45, 7) is 0.937. The van der Waals surface area contributed by atoms with Crippen molar-refractivity contribution in [1.82, 2.24) is 14.8 Å². The smallest absolute Gasteiger partial charge is 0.437 e. The van der Waals surface area contributed by atoms with Crippen molar-refractivity contribution >= 4 is 17.6 Å². The Morgan fingerprint density at radius 3 is 2.53 bits per heavy atom. The first kappa shape index (κ1) is 23.0. The van der Waals surface area contributed by atoms with Gasteiger partial charge in [0.25, 0.3) is 5.91 Å². The summed E-state index contributed by atoms with van der Waals surface area (Å²) in [6, 6.07) is 19.7. The first-order valence-electron chi connectivity index (χ1n) is 11.3. The molecule has 0 aliphatic carbocycles. The number of aryl methyl sites for hydroxylation is 1. The molecular formula is C26H22N4O6. The molecule has 0 unspecified atom stereocenters. The summed E-state index contributed by atoms with van der Waals surface area (Å²) in [7, 11) is 0. The molecule has 5 rings (SSSR count). The zero-order valence-corrected chi connectivity index (χ0v) is 19.4. The Balaban J connectivity index is 1.26. The van der Waals surface area contributed by atoms with Gasteiger partial charge in [-0.15, -0.1) is 5.10 Å². The number of ether oxygens (including phenoxy) is 1. The standard InChI is InChI=1S/C26H22N4O6/c1-17-9-11-18(12-10-17)20-14-21(22-8-5-13-34-22)30(27-20)23(31)16-35-24(32)15-29-26(33)36-25(28-29)19-6-3-2-4-7-19/h2-13,21H,14-16H2,1H3/t21-/m1/s1. The second-order valence-corrected chi connectivity index (χ2v) is 8.24. The maximum atomic E-state index is 13.0. The van der Waals surface area contributed by atoms with Crippen molar-refractivity contribution in [3.63, 3.8) is 0 Å². The summed E-state index contributed by atoms with van der Waals surface area (Å²) < 4.78 is 16.6. The van der Waals surface area contributed by atoms with Crippen molar-refractivity contribution in [3.05, 3.63) is 100 Å². The van der Waals surface area contributed by atoms with Gasteiger partial charge in [0.2, 0.25) is 5.89 Å². The Kier molecular flexibility index (Phi) is 6.31. The highest BCUT2D eigenvalue weighted by atomic mass is 16.5. The second kappa shape index (κ2) is 9.87. The van der Waals surface area contributed by atoms with Crippen LogP contribution in [0.1, 0.15) is 29.3 Å². The topological polar surface area (TPSA) is 120 Å². The largest absolute Gasteiger partial charge is 0.467 e. The highest BCUT2D eigenvalue weighted by molar-refractivity contribution is 6.03. The van der Waals surface area contributed by atoms with Gasteiger partial charge in [-0.2, -0.15) is 9.78 Å². The molecule has 0 bridgehead atoms. The molecule has 10 heteroatoms. The molecule has 1 amide bonds. The third-order valence-corrected chi connectivity index (χ3v) is 5.68. The minimum atomic E-state index is -0.810. The maximum absolute atomic E-state index is 13.0. The molecule has 4 aromatic rings. The van der Waals surface area contributed by atoms with Crippen LogP contribution in [-0.4, -0.2) is 39.0 Å². The highest BCUT2D eigenvalue weighted by Crippen LogP contribution is 2.33. The predicted molar refractivity (Wildman–Crippen MR) is 128 cm³/mol. The molecular weight excluding hydrogens is 464 g/mol. The van der Waals surface area contributed by atoms with Crippen LogP contribution in [0.5, 0.6) is 0 Å². The van der Waals surface area contributed by atoms with E-state index in [1.807, 2.05) is 37.3 Å². The number of carbonyl (C=O) groups excluding carboxylic acids is 2. The summed E-state index contributed by atoms with van der Waals surface area (Å²) in [5.41, 5.74) is 3.32. The number of aromatic nitrogens is 2. The van der Waals surface area contributed by atoms with Gasteiger partial charge in [0, 0.05) is 12.0 Å². The fourth-order valence-corrected chi connectivity index (χ4v) is 3.84. The zero-order chi connectivity index (χ0) is 25.1. The van der Waals surface area contributed by atoms with Gasteiger partial charge in [-0.05, 0) is 36.8 Å². The molecule has 0 saturated carbocycles. The lowest BCUT2D eigenvalue weighted by atomic mass is 10.0. The second-order valence-electron chi connectivity index (χ2n) is 8.24. The van der Waals surface area contributed by atoms with Crippen LogP contribution < -0.4 is 5.76 Å². The first-order chi connectivity index (χ1) is 17.5. The molecule has 2 aromatic heterocycles. The molecule has 36 heavy (non-hydrogen) atoms. The lowest BCUT2D eigenvalue weighted by molar-refractivity contribution is -0.153. The number of amides is 1. The van der Waals surface area contributed by atoms with E-state index in [1.54, 1.807) is 36.4 Å². The van der Waals surface area contributed by atoms with Crippen LogP contribution in [-0.2, 0) is 20.9 Å². The van der Waals surface area contributed by atoms with Gasteiger partial charge in [-0.3, -0.25) is 9.59 Å². The lowest BCUT2D eigenvalue weighted by Gasteiger charge is -2.19. The maximum Gasteiger partial charge on any atom is 0.437 e. The predicted octanol–water partition coefficient (Wildman–Crippen LogP) is 3.33. The molecule has 0 radical (unpaired) electrons. The normalized spacial score (nSPS) is 15.1. The minimum absolute atomic E-state index is 0.0841. The number of carbonyl (C=O) groups is 2. The summed E-state index contributed by atoms with van der Waals surface area (Å²) >= 11 is 0. The van der Waals surface area contributed by atoms with Crippen LogP contribution in [0.15, 0.2) is 91.7 Å². The average molecular weight is 486 g/mol. The van der Waals surface area contributed by atoms with E-state index in [0.29, 0.717) is 17.7 Å². The number of hydrogen-bond donors (Lipinski definition) is 0. The Hall–Kier alpha value is -4.73. The van der Waals surface area contributed by atoms with Gasteiger partial charge in [-0.25, -0.2) is 9.80 Å². The van der Waals surface area contributed by atoms with Crippen LogP contribution in [0.25, 0.3) is 11.5 Å². The molecule has 0 fully saturated rings. The zero-order valence-electron chi connectivity index (χ0n) is 19.4. The molecule has 0 saturated heterocycles. The molecule has 0 spiro atoms. The van der Waals surface area contributed by atoms with Crippen molar-refractivity contribution in [2.24, 2.45) is 5.10 Å². The van der Waals surface area contributed by atoms with Crippen molar-refractivity contribution < 1.29 is 23.2 Å². The van der Waals surface area contributed by atoms with Gasteiger partial charge in [0.05, 0.1) is 12.0 Å². The van der Waals surface area contributed by atoms with Crippen molar-refractivity contribution in [1.29, 1.82) is 0 Å². The molecule has 3 heterocycles. The Morgan fingerprint density at radius 1 is 1.03 bits per heavy atom. The monoisotopic (exact) mass is 486 g/mol. The van der Waals surface area contributed by atoms with Gasteiger partial charge in [0.1, 0.15) is 18.3 Å². The van der Waals surface area contributed by atoms with E-state index in [9.17, 15) is 14.4 Å². The number of rotatable bonds is 7. The third kappa shape index (κ3) is 4.88. The number of hydrogen-bond acceptors (Lipinski definition) is 8. The van der Waals surface area contributed by atoms with E-state index in [1.165, 1.54) is 11.3 Å². The van der Waals surface area contributed by atoms with E-state index in [0.717, 1.165) is 21.5 Å². The fraction of sp³-hybridized carbons (Fsp3) is 0.192. The quantitative estimate of drug-likeness (QED) is 0.368. The van der Waals surface area contributed by atoms with Gasteiger partial charge >= 0.3 is 11.7 Å². The van der Waals surface area contributed by atoms with Crippen LogP contribution >= 0.6 is 0 Å². The van der Waals surface area contributed by atoms with E-state index in [2.05, 4.69) is 10.2 Å². The molecule has 2 aromatic carbocycles. The molecule has 10 nitrogen and oxygen atoms in total. The summed E-state index contributed by atoms with van der Waals surface area (Å²) in [5.74, 6) is -1.48. The molecule has 1 atom stereocenters. The number of furan rings is 1. The van der Waals surface area contributed by atoms with Crippen molar-refractivity contribution in [2.45, 2.75) is 25.9 Å². The number of hydrazone groups is 1. The Bertz CT molecular complexity index is 1450. The third-order valence-electron chi connectivity index (χ3n) is 5.68. The molecule has 182 valence electrons. The average Bonchev–Trinajstić information content (AvgIpc) is 3.64.